The van der Waals surface area contributed by atoms with E-state index in [2.05, 4.69) is 4.90 Å². The summed E-state index contributed by atoms with van der Waals surface area (Å²) >= 11 is 14.0. The van der Waals surface area contributed by atoms with Crippen molar-refractivity contribution in [2.75, 3.05) is 38.8 Å². The molecule has 0 radical (unpaired) electrons. The number of para-hydroxylation sites is 1. The van der Waals surface area contributed by atoms with E-state index in [9.17, 15) is 14.8 Å². The number of piperidine rings is 3. The molecular weight excluding hydrogens is 696 g/mol. The van der Waals surface area contributed by atoms with Crippen LogP contribution in [0.5, 0.6) is 11.5 Å². The highest BCUT2D eigenvalue weighted by Crippen LogP contribution is 2.36. The third kappa shape index (κ3) is 7.88. The lowest BCUT2D eigenvalue weighted by molar-refractivity contribution is -0.605. The molecule has 0 unspecified atom stereocenters. The fourth-order valence-electron chi connectivity index (χ4n) is 6.27. The van der Waals surface area contributed by atoms with Crippen LogP contribution in [0, 0.1) is 16.9 Å². The number of thiophene rings is 1. The summed E-state index contributed by atoms with van der Waals surface area (Å²) in [6.45, 7) is 2.61. The number of methoxy groups -OCH3 is 2. The minimum Gasteiger partial charge on any atom is -0.619 e. The summed E-state index contributed by atoms with van der Waals surface area (Å²) in [5, 5.41) is 13.7. The van der Waals surface area contributed by atoms with Crippen LogP contribution in [-0.2, 0) is 22.4 Å². The van der Waals surface area contributed by atoms with Gasteiger partial charge in [-0.2, -0.15) is 4.73 Å². The minimum atomic E-state index is -0.903. The Morgan fingerprint density at radius 2 is 1.78 bits per heavy atom. The van der Waals surface area contributed by atoms with Gasteiger partial charge in [-0.3, -0.25) is 9.80 Å². The molecule has 3 saturated heterocycles. The highest BCUT2D eigenvalue weighted by molar-refractivity contribution is 7.10. The molecule has 1 amide bonds. The van der Waals surface area contributed by atoms with Crippen molar-refractivity contribution in [1.82, 2.24) is 4.90 Å². The maximum atomic E-state index is 15.0. The van der Waals surface area contributed by atoms with E-state index >= 15 is 4.39 Å². The molecule has 0 saturated carbocycles. The Morgan fingerprint density at radius 3 is 2.43 bits per heavy atom. The zero-order valence-corrected chi connectivity index (χ0v) is 29.1. The van der Waals surface area contributed by atoms with E-state index in [1.807, 2.05) is 0 Å². The molecular formula is C35H34Cl2FN3O7S. The minimum absolute atomic E-state index is 0.0254. The van der Waals surface area contributed by atoms with Crippen LogP contribution in [-0.4, -0.2) is 56.9 Å². The van der Waals surface area contributed by atoms with Gasteiger partial charge in [0.25, 0.3) is 0 Å². The fourth-order valence-corrected chi connectivity index (χ4v) is 7.71. The van der Waals surface area contributed by atoms with E-state index in [1.54, 1.807) is 41.8 Å². The van der Waals surface area contributed by atoms with Crippen molar-refractivity contribution in [3.63, 3.8) is 0 Å². The summed E-state index contributed by atoms with van der Waals surface area (Å²) in [4.78, 5) is 31.4. The number of pyridine rings is 1. The number of benzene rings is 2. The molecule has 49 heavy (non-hydrogen) atoms. The average molecular weight is 731 g/mol. The Kier molecular flexibility index (Phi) is 10.8. The average Bonchev–Trinajstić information content (AvgIpc) is 3.57. The topological polar surface area (TPSA) is 104 Å². The number of fused-ring (bicyclic) bond motifs is 3. The molecule has 0 spiro atoms. The maximum absolute atomic E-state index is 15.0. The van der Waals surface area contributed by atoms with Crippen molar-refractivity contribution < 1.29 is 37.7 Å². The Hall–Kier alpha value is -4.10. The van der Waals surface area contributed by atoms with Crippen LogP contribution in [0.3, 0.4) is 0 Å². The number of halogens is 3. The van der Waals surface area contributed by atoms with E-state index in [1.165, 1.54) is 55.0 Å². The Balaban J connectivity index is 1.24. The number of hydrogen-bond acceptors (Lipinski definition) is 9. The molecule has 10 nitrogen and oxygen atoms in total. The first-order valence-electron chi connectivity index (χ1n) is 15.7. The summed E-state index contributed by atoms with van der Waals surface area (Å²) in [7, 11) is 3.00. The van der Waals surface area contributed by atoms with Crippen molar-refractivity contribution >= 4 is 52.3 Å². The number of rotatable bonds is 11. The first-order chi connectivity index (χ1) is 23.6. The van der Waals surface area contributed by atoms with E-state index in [-0.39, 0.29) is 46.3 Å². The van der Waals surface area contributed by atoms with Gasteiger partial charge in [0.05, 0.1) is 32.0 Å². The first-order valence-corrected chi connectivity index (χ1v) is 17.3. The number of aromatic nitrogens is 1. The lowest BCUT2D eigenvalue weighted by atomic mass is 9.86. The van der Waals surface area contributed by atoms with E-state index in [4.69, 9.17) is 42.1 Å². The van der Waals surface area contributed by atoms with Crippen LogP contribution in [0.4, 0.5) is 14.9 Å². The zero-order chi connectivity index (χ0) is 34.7. The number of esters is 1. The highest BCUT2D eigenvalue weighted by atomic mass is 35.5. The van der Waals surface area contributed by atoms with Crippen LogP contribution in [0.1, 0.15) is 45.3 Å². The zero-order valence-electron chi connectivity index (χ0n) is 26.8. The first kappa shape index (κ1) is 34.8. The molecule has 3 aliphatic heterocycles. The molecule has 2 atom stereocenters. The largest absolute Gasteiger partial charge is 0.619 e. The summed E-state index contributed by atoms with van der Waals surface area (Å²) < 4.78 is 38.4. The third-order valence-corrected chi connectivity index (χ3v) is 10.5. The predicted molar refractivity (Wildman–Crippen MR) is 183 cm³/mol. The number of anilines is 1. The summed E-state index contributed by atoms with van der Waals surface area (Å²) in [5.41, 5.74) is 1.29. The predicted octanol–water partition coefficient (Wildman–Crippen LogP) is 7.22. The molecule has 2 aromatic heterocycles. The number of ether oxygens (including phenoxy) is 4. The molecule has 7 rings (SSSR count). The monoisotopic (exact) mass is 729 g/mol. The highest BCUT2D eigenvalue weighted by Gasteiger charge is 2.38. The van der Waals surface area contributed by atoms with Crippen molar-refractivity contribution in [2.24, 2.45) is 5.92 Å². The van der Waals surface area contributed by atoms with Crippen molar-refractivity contribution in [1.29, 1.82) is 0 Å². The standard InChI is InChI=1S/C35H34Cl2FN3O7S/c1-45-30-8-7-22(14-32(30)46-2)31(15-25-26(36)17-40(44)18-27(25)37)47-34(42)23-13-24(49-20-23)16-41(29-6-4-3-5-28(29)38)35(43)48-33-19-39-11-9-21(33)10-12-39/h3-8,13-14,17-18,20-21,31,33H,9-12,15-16,19H2,1-2H3/t31-,33-/m0/s1. The normalized spacial score (nSPS) is 18.8. The number of carbonyl (C=O) groups is 2. The summed E-state index contributed by atoms with van der Waals surface area (Å²) in [6.07, 6.45) is 2.49. The van der Waals surface area contributed by atoms with Crippen molar-refractivity contribution in [3.8, 4) is 11.5 Å². The number of hydrogen-bond donors (Lipinski definition) is 0. The Morgan fingerprint density at radius 1 is 1.06 bits per heavy atom. The van der Waals surface area contributed by atoms with E-state index in [0.717, 1.165) is 25.9 Å². The molecule has 2 aromatic carbocycles. The SMILES string of the molecule is COc1ccc([C@H](Cc2c(Cl)c[n+]([O-])cc2Cl)OC(=O)c2csc(CN(C(=O)O[C@H]3CN4CCC3CC4)c3ccccc3F)c2)cc1OC. The van der Waals surface area contributed by atoms with E-state index < -0.39 is 24.0 Å². The smallest absolute Gasteiger partial charge is 0.415 e. The second-order valence-electron chi connectivity index (χ2n) is 11.9. The van der Waals surface area contributed by atoms with Crippen LogP contribution in [0.15, 0.2) is 66.3 Å². The third-order valence-electron chi connectivity index (χ3n) is 8.89. The van der Waals surface area contributed by atoms with Crippen LogP contribution in [0.25, 0.3) is 0 Å². The number of amides is 1. The molecule has 0 N–H and O–H groups in total. The van der Waals surface area contributed by atoms with Gasteiger partial charge >= 0.3 is 12.1 Å². The lowest BCUT2D eigenvalue weighted by Gasteiger charge is -2.44. The Labute approximate surface area is 297 Å². The molecule has 4 aromatic rings. The number of nitrogens with zero attached hydrogens (tertiary/aromatic N) is 3. The quantitative estimate of drug-likeness (QED) is 0.0906. The van der Waals surface area contributed by atoms with Gasteiger partial charge in [-0.15, -0.1) is 11.3 Å². The second-order valence-corrected chi connectivity index (χ2v) is 13.7. The van der Waals surface area contributed by atoms with Gasteiger partial charge < -0.3 is 24.2 Å². The van der Waals surface area contributed by atoms with Crippen LogP contribution in [0.2, 0.25) is 10.0 Å². The molecule has 258 valence electrons. The second kappa shape index (κ2) is 15.2. The van der Waals surface area contributed by atoms with Gasteiger partial charge in [-0.05, 0) is 67.7 Å². The molecule has 5 heterocycles. The molecule has 0 aliphatic carbocycles. The molecule has 3 fully saturated rings. The van der Waals surface area contributed by atoms with Crippen LogP contribution >= 0.6 is 34.5 Å². The number of carbonyl (C=O) groups excluding carboxylic acids is 2. The van der Waals surface area contributed by atoms with Gasteiger partial charge in [-0.1, -0.05) is 41.4 Å². The van der Waals surface area contributed by atoms with Gasteiger partial charge in [0, 0.05) is 28.8 Å². The molecule has 2 bridgehead atoms. The molecule has 14 heteroatoms. The van der Waals surface area contributed by atoms with Crippen molar-refractivity contribution in [3.05, 3.63) is 109 Å². The van der Waals surface area contributed by atoms with Gasteiger partial charge in [-0.25, -0.2) is 14.0 Å². The van der Waals surface area contributed by atoms with E-state index in [0.29, 0.717) is 38.8 Å². The van der Waals surface area contributed by atoms with Gasteiger partial charge in [0.2, 0.25) is 0 Å². The summed E-state index contributed by atoms with van der Waals surface area (Å²) in [6, 6.07) is 12.7. The lowest BCUT2D eigenvalue weighted by Crippen LogP contribution is -2.53. The maximum Gasteiger partial charge on any atom is 0.415 e. The van der Waals surface area contributed by atoms with Crippen molar-refractivity contribution in [2.45, 2.75) is 38.0 Å². The fraction of sp³-hybridized carbons (Fsp3) is 0.343. The van der Waals surface area contributed by atoms with Crippen LogP contribution < -0.4 is 19.1 Å². The molecule has 3 aliphatic rings. The van der Waals surface area contributed by atoms with Gasteiger partial charge in [0.15, 0.2) is 23.9 Å². The summed E-state index contributed by atoms with van der Waals surface area (Å²) in [5.74, 6) is -0.0482. The Bertz CT molecular complexity index is 1810. The van der Waals surface area contributed by atoms with Gasteiger partial charge in [0.1, 0.15) is 28.1 Å².